The van der Waals surface area contributed by atoms with Gasteiger partial charge in [-0.25, -0.2) is 0 Å². The molecule has 6 heteroatoms. The normalized spacial score (nSPS) is 17.9. The number of hydrogen-bond acceptors (Lipinski definition) is 4. The molecular weight excluding hydrogens is 310 g/mol. The van der Waals surface area contributed by atoms with E-state index in [9.17, 15) is 8.42 Å². The Balaban J connectivity index is 2.13. The summed E-state index contributed by atoms with van der Waals surface area (Å²) in [5, 5.41) is 0.428. The van der Waals surface area contributed by atoms with Crippen LogP contribution in [0.25, 0.3) is 0 Å². The predicted octanol–water partition coefficient (Wildman–Crippen LogP) is 3.27. The van der Waals surface area contributed by atoms with E-state index in [2.05, 4.69) is 11.8 Å². The number of rotatable bonds is 5. The average molecular weight is 332 g/mol. The lowest BCUT2D eigenvalue weighted by Gasteiger charge is -2.32. The van der Waals surface area contributed by atoms with Crippen molar-refractivity contribution in [3.8, 4) is 5.75 Å². The Morgan fingerprint density at radius 3 is 2.57 bits per heavy atom. The Bertz CT molecular complexity index is 581. The number of piperidine rings is 1. The fourth-order valence-electron chi connectivity index (χ4n) is 2.85. The van der Waals surface area contributed by atoms with Crippen molar-refractivity contribution >= 4 is 21.7 Å². The van der Waals surface area contributed by atoms with Crippen molar-refractivity contribution in [2.75, 3.05) is 25.9 Å². The van der Waals surface area contributed by atoms with E-state index in [4.69, 9.17) is 15.8 Å². The van der Waals surface area contributed by atoms with Crippen LogP contribution in [0.5, 0.6) is 5.75 Å². The zero-order chi connectivity index (χ0) is 15.5. The van der Waals surface area contributed by atoms with Crippen LogP contribution in [-0.4, -0.2) is 39.2 Å². The Hall–Kier alpha value is -0.780. The summed E-state index contributed by atoms with van der Waals surface area (Å²) in [5.41, 5.74) is 0.994. The molecule has 0 saturated carbocycles. The van der Waals surface area contributed by atoms with Crippen molar-refractivity contribution in [1.29, 1.82) is 0 Å². The first kappa shape index (κ1) is 16.6. The third kappa shape index (κ3) is 4.59. The van der Waals surface area contributed by atoms with Crippen LogP contribution in [0.15, 0.2) is 18.2 Å². The predicted molar refractivity (Wildman–Crippen MR) is 85.6 cm³/mol. The summed E-state index contributed by atoms with van der Waals surface area (Å²) < 4.78 is 27.5. The monoisotopic (exact) mass is 331 g/mol. The Morgan fingerprint density at radius 1 is 1.33 bits per heavy atom. The molecule has 1 saturated heterocycles. The lowest BCUT2D eigenvalue weighted by molar-refractivity contribution is 0.213. The van der Waals surface area contributed by atoms with Crippen molar-refractivity contribution in [1.82, 2.24) is 4.90 Å². The van der Waals surface area contributed by atoms with Gasteiger partial charge in [-0.3, -0.25) is 0 Å². The van der Waals surface area contributed by atoms with Crippen LogP contribution in [0, 0.1) is 0 Å². The van der Waals surface area contributed by atoms with E-state index in [0.717, 1.165) is 44.3 Å². The number of benzene rings is 1. The van der Waals surface area contributed by atoms with Crippen LogP contribution in [0.1, 0.15) is 37.7 Å². The van der Waals surface area contributed by atoms with Gasteiger partial charge in [0.1, 0.15) is 0 Å². The highest BCUT2D eigenvalue weighted by Gasteiger charge is 2.23. The average Bonchev–Trinajstić information content (AvgIpc) is 2.41. The maximum atomic E-state index is 11.3. The van der Waals surface area contributed by atoms with Gasteiger partial charge in [0, 0.05) is 0 Å². The molecule has 4 nitrogen and oxygen atoms in total. The number of nitrogens with zero attached hydrogens (tertiary/aromatic N) is 1. The van der Waals surface area contributed by atoms with Crippen LogP contribution in [0.3, 0.4) is 0 Å². The molecule has 0 radical (unpaired) electrons. The van der Waals surface area contributed by atoms with Gasteiger partial charge in [0.15, 0.2) is 5.75 Å². The molecule has 1 fully saturated rings. The van der Waals surface area contributed by atoms with E-state index in [1.807, 2.05) is 6.07 Å². The second kappa shape index (κ2) is 6.99. The zero-order valence-electron chi connectivity index (χ0n) is 12.5. The van der Waals surface area contributed by atoms with Gasteiger partial charge in [0.25, 0.3) is 0 Å². The van der Waals surface area contributed by atoms with Crippen LogP contribution in [0.2, 0.25) is 5.02 Å². The third-order valence-corrected chi connectivity index (χ3v) is 4.69. The standard InChI is InChI=1S/C15H22ClNO3S/c1-3-9-17-10-7-12(8-11-17)13-5-4-6-14(15(13)16)20-21(2,18)19/h4-6,12H,3,7-11H2,1-2H3. The number of hydrogen-bond donors (Lipinski definition) is 0. The molecule has 0 amide bonds. The summed E-state index contributed by atoms with van der Waals surface area (Å²) >= 11 is 6.34. The molecule has 0 aliphatic carbocycles. The Kier molecular flexibility index (Phi) is 5.52. The lowest BCUT2D eigenvalue weighted by Crippen LogP contribution is -2.33. The first-order chi connectivity index (χ1) is 9.90. The maximum absolute atomic E-state index is 11.3. The molecule has 0 unspecified atom stereocenters. The molecule has 1 aromatic rings. The molecule has 2 rings (SSSR count). The highest BCUT2D eigenvalue weighted by molar-refractivity contribution is 7.86. The van der Waals surface area contributed by atoms with Gasteiger partial charge in [0.05, 0.1) is 11.3 Å². The van der Waals surface area contributed by atoms with Crippen molar-refractivity contribution in [2.45, 2.75) is 32.1 Å². The third-order valence-electron chi connectivity index (χ3n) is 3.80. The molecule has 118 valence electrons. The molecule has 0 atom stereocenters. The van der Waals surface area contributed by atoms with E-state index in [0.29, 0.717) is 10.9 Å². The molecule has 1 aliphatic rings. The SMILES string of the molecule is CCCN1CCC(c2cccc(OS(C)(=O)=O)c2Cl)CC1. The molecule has 0 spiro atoms. The smallest absolute Gasteiger partial charge is 0.306 e. The fourth-order valence-corrected chi connectivity index (χ4v) is 3.68. The van der Waals surface area contributed by atoms with E-state index in [1.54, 1.807) is 12.1 Å². The van der Waals surface area contributed by atoms with Gasteiger partial charge in [-0.2, -0.15) is 8.42 Å². The second-order valence-corrected chi connectivity index (χ2v) is 7.52. The quantitative estimate of drug-likeness (QED) is 0.777. The highest BCUT2D eigenvalue weighted by atomic mass is 35.5. The number of likely N-dealkylation sites (tertiary alicyclic amines) is 1. The van der Waals surface area contributed by atoms with Crippen LogP contribution < -0.4 is 4.18 Å². The first-order valence-corrected chi connectivity index (χ1v) is 9.50. The maximum Gasteiger partial charge on any atom is 0.306 e. The minimum Gasteiger partial charge on any atom is -0.381 e. The summed E-state index contributed by atoms with van der Waals surface area (Å²) in [6, 6.07) is 5.37. The highest BCUT2D eigenvalue weighted by Crippen LogP contribution is 2.38. The van der Waals surface area contributed by atoms with Crippen LogP contribution in [-0.2, 0) is 10.1 Å². The fraction of sp³-hybridized carbons (Fsp3) is 0.600. The van der Waals surface area contributed by atoms with Crippen molar-refractivity contribution < 1.29 is 12.6 Å². The van der Waals surface area contributed by atoms with Gasteiger partial charge in [0.2, 0.25) is 0 Å². The largest absolute Gasteiger partial charge is 0.381 e. The molecular formula is C15H22ClNO3S. The summed E-state index contributed by atoms with van der Waals surface area (Å²) in [7, 11) is -3.56. The van der Waals surface area contributed by atoms with Gasteiger partial charge < -0.3 is 9.08 Å². The van der Waals surface area contributed by atoms with Gasteiger partial charge >= 0.3 is 10.1 Å². The van der Waals surface area contributed by atoms with Crippen LogP contribution in [0.4, 0.5) is 0 Å². The Morgan fingerprint density at radius 2 is 2.00 bits per heavy atom. The first-order valence-electron chi connectivity index (χ1n) is 7.31. The van der Waals surface area contributed by atoms with Gasteiger partial charge in [-0.05, 0) is 56.4 Å². The minimum absolute atomic E-state index is 0.229. The second-order valence-electron chi connectivity index (χ2n) is 5.56. The van der Waals surface area contributed by atoms with Crippen molar-refractivity contribution in [3.63, 3.8) is 0 Å². The summed E-state index contributed by atoms with van der Waals surface area (Å²) in [6.07, 6.45) is 4.28. The van der Waals surface area contributed by atoms with Crippen molar-refractivity contribution in [3.05, 3.63) is 28.8 Å². The molecule has 0 aromatic heterocycles. The molecule has 1 aliphatic heterocycles. The molecule has 1 heterocycles. The lowest BCUT2D eigenvalue weighted by atomic mass is 9.89. The molecule has 0 bridgehead atoms. The van der Waals surface area contributed by atoms with E-state index >= 15 is 0 Å². The Labute approximate surface area is 132 Å². The molecule has 0 N–H and O–H groups in total. The topological polar surface area (TPSA) is 46.6 Å². The summed E-state index contributed by atoms with van der Waals surface area (Å²) in [6.45, 7) is 5.45. The molecule has 1 aromatic carbocycles. The van der Waals surface area contributed by atoms with Gasteiger partial charge in [-0.15, -0.1) is 0 Å². The summed E-state index contributed by atoms with van der Waals surface area (Å²) in [4.78, 5) is 2.46. The molecule has 21 heavy (non-hydrogen) atoms. The minimum atomic E-state index is -3.56. The van der Waals surface area contributed by atoms with E-state index in [1.165, 1.54) is 6.42 Å². The number of halogens is 1. The van der Waals surface area contributed by atoms with E-state index in [-0.39, 0.29) is 5.75 Å². The van der Waals surface area contributed by atoms with Crippen LogP contribution >= 0.6 is 11.6 Å². The van der Waals surface area contributed by atoms with Gasteiger partial charge in [-0.1, -0.05) is 30.7 Å². The summed E-state index contributed by atoms with van der Waals surface area (Å²) in [5.74, 6) is 0.598. The van der Waals surface area contributed by atoms with E-state index < -0.39 is 10.1 Å². The zero-order valence-corrected chi connectivity index (χ0v) is 14.1. The van der Waals surface area contributed by atoms with Crippen molar-refractivity contribution in [2.24, 2.45) is 0 Å².